The monoisotopic (exact) mass is 325 g/mol. The lowest BCUT2D eigenvalue weighted by Crippen LogP contribution is -2.58. The van der Waals surface area contributed by atoms with E-state index in [0.717, 1.165) is 0 Å². The van der Waals surface area contributed by atoms with Gasteiger partial charge in [-0.3, -0.25) is 4.21 Å². The summed E-state index contributed by atoms with van der Waals surface area (Å²) in [4.78, 5) is 0. The van der Waals surface area contributed by atoms with E-state index in [4.69, 9.17) is 15.2 Å². The summed E-state index contributed by atoms with van der Waals surface area (Å²) in [5.74, 6) is 0.857. The Morgan fingerprint density at radius 3 is 2.43 bits per heavy atom. The predicted molar refractivity (Wildman–Crippen MR) is 79.1 cm³/mol. The van der Waals surface area contributed by atoms with Crippen molar-refractivity contribution >= 4 is 10.8 Å². The van der Waals surface area contributed by atoms with Crippen molar-refractivity contribution in [1.82, 2.24) is 0 Å². The van der Waals surface area contributed by atoms with Gasteiger partial charge in [0.05, 0.1) is 12.2 Å². The van der Waals surface area contributed by atoms with E-state index in [1.54, 1.807) is 13.8 Å². The van der Waals surface area contributed by atoms with Crippen LogP contribution in [0.5, 0.6) is 0 Å². The Hall–Kier alpha value is -0.0900. The Kier molecular flexibility index (Phi) is 8.25. The fraction of sp³-hybridized carbons (Fsp3) is 1.00. The topological polar surface area (TPSA) is 122 Å². The van der Waals surface area contributed by atoms with Gasteiger partial charge in [0.2, 0.25) is 0 Å². The first kappa shape index (κ1) is 19.0. The molecule has 21 heavy (non-hydrogen) atoms. The summed E-state index contributed by atoms with van der Waals surface area (Å²) < 4.78 is 22.6. The van der Waals surface area contributed by atoms with Gasteiger partial charge in [0.25, 0.3) is 0 Å². The highest BCUT2D eigenvalue weighted by Gasteiger charge is 2.44. The Morgan fingerprint density at radius 2 is 1.86 bits per heavy atom. The molecule has 1 rings (SSSR count). The first-order valence-electron chi connectivity index (χ1n) is 7.27. The number of nitrogens with two attached hydrogens (primary N) is 1. The number of hydrogen-bond acceptors (Lipinski definition) is 7. The lowest BCUT2D eigenvalue weighted by atomic mass is 9.97. The van der Waals surface area contributed by atoms with E-state index >= 15 is 0 Å². The highest BCUT2D eigenvalue weighted by molar-refractivity contribution is 7.84. The van der Waals surface area contributed by atoms with Crippen molar-refractivity contribution in [2.75, 3.05) is 18.1 Å². The third kappa shape index (κ3) is 5.90. The molecule has 1 fully saturated rings. The minimum atomic E-state index is -1.34. The van der Waals surface area contributed by atoms with E-state index in [1.165, 1.54) is 0 Å². The molecule has 0 bridgehead atoms. The van der Waals surface area contributed by atoms with Crippen molar-refractivity contribution < 1.29 is 29.0 Å². The maximum absolute atomic E-state index is 11.7. The third-order valence-corrected chi connectivity index (χ3v) is 4.72. The van der Waals surface area contributed by atoms with E-state index in [2.05, 4.69) is 0 Å². The molecule has 6 atom stereocenters. The van der Waals surface area contributed by atoms with E-state index in [-0.39, 0.29) is 6.10 Å². The van der Waals surface area contributed by atoms with E-state index in [9.17, 15) is 19.5 Å². The Labute approximate surface area is 127 Å². The Bertz CT molecular complexity index is 330. The van der Waals surface area contributed by atoms with Crippen molar-refractivity contribution in [2.24, 2.45) is 5.73 Å². The second-order valence-electron chi connectivity index (χ2n) is 5.48. The maximum atomic E-state index is 11.7. The molecule has 1 heterocycles. The Balaban J connectivity index is 2.53. The minimum Gasteiger partial charge on any atom is -0.388 e. The molecule has 8 heteroatoms. The van der Waals surface area contributed by atoms with Crippen molar-refractivity contribution in [3.8, 4) is 0 Å². The van der Waals surface area contributed by atoms with E-state index in [0.29, 0.717) is 30.9 Å². The van der Waals surface area contributed by atoms with Gasteiger partial charge < -0.3 is 30.5 Å². The third-order valence-electron chi connectivity index (χ3n) is 3.28. The molecule has 126 valence electrons. The number of aliphatic hydroxyl groups excluding tert-OH is 3. The number of hydrogen-bond donors (Lipinski definition) is 4. The maximum Gasteiger partial charge on any atom is 0.186 e. The number of ether oxygens (including phenoxy) is 2. The fourth-order valence-corrected chi connectivity index (χ4v) is 3.32. The van der Waals surface area contributed by atoms with Crippen LogP contribution in [0.4, 0.5) is 0 Å². The van der Waals surface area contributed by atoms with Crippen LogP contribution in [0, 0.1) is 0 Å². The fourth-order valence-electron chi connectivity index (χ4n) is 2.13. The first-order chi connectivity index (χ1) is 9.86. The second kappa shape index (κ2) is 9.14. The molecule has 0 saturated carbocycles. The quantitative estimate of drug-likeness (QED) is 0.438. The molecule has 7 nitrogen and oxygen atoms in total. The molecule has 0 aromatic carbocycles. The van der Waals surface area contributed by atoms with E-state index in [1.807, 2.05) is 0 Å². The highest BCUT2D eigenvalue weighted by atomic mass is 32.2. The van der Waals surface area contributed by atoms with Crippen molar-refractivity contribution in [3.05, 3.63) is 0 Å². The van der Waals surface area contributed by atoms with Crippen LogP contribution < -0.4 is 5.73 Å². The summed E-state index contributed by atoms with van der Waals surface area (Å²) in [5.41, 5.74) is 5.36. The molecule has 4 unspecified atom stereocenters. The number of rotatable bonds is 8. The zero-order chi connectivity index (χ0) is 16.0. The standard InChI is InChI=1S/C13H27NO6S/c1-8(2)19-13-12(17)11(16)10(15)9(20-13)4-7-21(18)6-3-5-14/h8-13,15-17H,3-7,14H2,1-2H3/t9?,10-,11?,12?,13+,21?/m1/s1. The highest BCUT2D eigenvalue weighted by Crippen LogP contribution is 2.25. The van der Waals surface area contributed by atoms with E-state index < -0.39 is 41.5 Å². The van der Waals surface area contributed by atoms with Crippen molar-refractivity contribution in [2.45, 2.75) is 63.5 Å². The average Bonchev–Trinajstić information content (AvgIpc) is 2.44. The molecular formula is C13H27NO6S. The molecule has 0 spiro atoms. The van der Waals surface area contributed by atoms with Crippen LogP contribution in [0.25, 0.3) is 0 Å². The molecule has 5 N–H and O–H groups in total. The molecule has 0 aromatic heterocycles. The van der Waals surface area contributed by atoms with Crippen molar-refractivity contribution in [3.63, 3.8) is 0 Å². The summed E-state index contributed by atoms with van der Waals surface area (Å²) in [5, 5.41) is 29.6. The van der Waals surface area contributed by atoms with Gasteiger partial charge in [-0.25, -0.2) is 0 Å². The lowest BCUT2D eigenvalue weighted by molar-refractivity contribution is -0.304. The van der Waals surface area contributed by atoms with Crippen LogP contribution in [0.3, 0.4) is 0 Å². The van der Waals surface area contributed by atoms with Gasteiger partial charge in [-0.1, -0.05) is 0 Å². The van der Waals surface area contributed by atoms with Gasteiger partial charge in [0, 0.05) is 22.3 Å². The molecule has 0 aromatic rings. The minimum absolute atomic E-state index is 0.188. The zero-order valence-corrected chi connectivity index (χ0v) is 13.4. The largest absolute Gasteiger partial charge is 0.388 e. The average molecular weight is 325 g/mol. The number of aliphatic hydroxyl groups is 3. The zero-order valence-electron chi connectivity index (χ0n) is 12.6. The van der Waals surface area contributed by atoms with Crippen LogP contribution in [0.1, 0.15) is 26.7 Å². The SMILES string of the molecule is CC(C)O[C@H]1OC(CCS(=O)CCCN)[C@@H](O)C(O)C1O. The second-order valence-corrected chi connectivity index (χ2v) is 7.17. The normalized spacial score (nSPS) is 35.1. The summed E-state index contributed by atoms with van der Waals surface area (Å²) in [7, 11) is -1.03. The molecule has 0 amide bonds. The van der Waals surface area contributed by atoms with Gasteiger partial charge in [-0.05, 0) is 33.2 Å². The summed E-state index contributed by atoms with van der Waals surface area (Å²) in [6, 6.07) is 0. The molecule has 0 aliphatic carbocycles. The Morgan fingerprint density at radius 1 is 1.19 bits per heavy atom. The first-order valence-corrected chi connectivity index (χ1v) is 8.75. The van der Waals surface area contributed by atoms with Crippen LogP contribution in [0.15, 0.2) is 0 Å². The smallest absolute Gasteiger partial charge is 0.186 e. The van der Waals surface area contributed by atoms with Gasteiger partial charge in [-0.15, -0.1) is 0 Å². The molecule has 1 aliphatic heterocycles. The van der Waals surface area contributed by atoms with Gasteiger partial charge >= 0.3 is 0 Å². The lowest BCUT2D eigenvalue weighted by Gasteiger charge is -2.41. The van der Waals surface area contributed by atoms with Gasteiger partial charge in [0.1, 0.15) is 18.3 Å². The molecule has 1 saturated heterocycles. The predicted octanol–water partition coefficient (Wildman–Crippen LogP) is -1.29. The molecule has 1 aliphatic rings. The summed E-state index contributed by atoms with van der Waals surface area (Å²) in [6.45, 7) is 4.05. The molecular weight excluding hydrogens is 298 g/mol. The van der Waals surface area contributed by atoms with Crippen LogP contribution in [-0.2, 0) is 20.3 Å². The van der Waals surface area contributed by atoms with Crippen LogP contribution in [-0.4, -0.2) is 74.4 Å². The van der Waals surface area contributed by atoms with Gasteiger partial charge in [0.15, 0.2) is 6.29 Å². The van der Waals surface area contributed by atoms with Crippen LogP contribution in [0.2, 0.25) is 0 Å². The summed E-state index contributed by atoms with van der Waals surface area (Å²) in [6.07, 6.45) is -4.77. The van der Waals surface area contributed by atoms with Gasteiger partial charge in [-0.2, -0.15) is 0 Å². The molecule has 0 radical (unpaired) electrons. The summed E-state index contributed by atoms with van der Waals surface area (Å²) >= 11 is 0. The van der Waals surface area contributed by atoms with Crippen molar-refractivity contribution in [1.29, 1.82) is 0 Å². The van der Waals surface area contributed by atoms with Crippen LogP contribution >= 0.6 is 0 Å².